The van der Waals surface area contributed by atoms with Gasteiger partial charge < -0.3 is 10.7 Å². The van der Waals surface area contributed by atoms with Crippen LogP contribution in [0.5, 0.6) is 0 Å². The van der Waals surface area contributed by atoms with Gasteiger partial charge in [0.1, 0.15) is 0 Å². The van der Waals surface area contributed by atoms with E-state index in [-0.39, 0.29) is 30.6 Å². The first kappa shape index (κ1) is 18.6. The van der Waals surface area contributed by atoms with E-state index >= 15 is 0 Å². The number of halogens is 2. The highest BCUT2D eigenvalue weighted by molar-refractivity contribution is 5.86. The first-order chi connectivity index (χ1) is 8.65. The fraction of sp³-hybridized carbons (Fsp3) is 0.286. The van der Waals surface area contributed by atoms with Gasteiger partial charge in [0.15, 0.2) is 5.78 Å². The second-order valence-electron chi connectivity index (χ2n) is 4.52. The molecule has 4 nitrogen and oxygen atoms in total. The van der Waals surface area contributed by atoms with Gasteiger partial charge in [0.2, 0.25) is 0 Å². The highest BCUT2D eigenvalue weighted by Crippen LogP contribution is 2.06. The monoisotopic (exact) mass is 315 g/mol. The van der Waals surface area contributed by atoms with Crippen LogP contribution < -0.4 is 5.73 Å². The van der Waals surface area contributed by atoms with E-state index in [1.54, 1.807) is 12.5 Å². The molecule has 0 radical (unpaired) electrons. The summed E-state index contributed by atoms with van der Waals surface area (Å²) in [5.74, 6) is 0.0495. The van der Waals surface area contributed by atoms with Gasteiger partial charge in [-0.1, -0.05) is 29.8 Å². The van der Waals surface area contributed by atoms with E-state index in [1.165, 1.54) is 5.56 Å². The number of imidazole rings is 1. The molecule has 0 aliphatic carbocycles. The van der Waals surface area contributed by atoms with Crippen molar-refractivity contribution in [3.8, 4) is 0 Å². The Labute approximate surface area is 131 Å². The standard InChI is InChI=1S/C14H17N3O.2ClH/c1-10-2-4-11(5-3-10)6-14(18)13(15)7-12-8-16-9-17-12;;/h2-5,8-9,13H,6-7,15H2,1H3,(H,16,17);2*1H/t13-;;/m0../s1. The summed E-state index contributed by atoms with van der Waals surface area (Å²) in [5, 5.41) is 0. The van der Waals surface area contributed by atoms with Crippen LogP contribution in [0, 0.1) is 6.92 Å². The molecule has 3 N–H and O–H groups in total. The quantitative estimate of drug-likeness (QED) is 0.888. The minimum atomic E-state index is -0.480. The maximum atomic E-state index is 12.0. The molecule has 0 unspecified atom stereocenters. The number of hydrogen-bond acceptors (Lipinski definition) is 3. The molecule has 2 rings (SSSR count). The van der Waals surface area contributed by atoms with Crippen molar-refractivity contribution in [3.63, 3.8) is 0 Å². The molecule has 1 heterocycles. The van der Waals surface area contributed by atoms with Crippen molar-refractivity contribution in [1.29, 1.82) is 0 Å². The average Bonchev–Trinajstić information content (AvgIpc) is 2.85. The Bertz CT molecular complexity index is 512. The minimum Gasteiger partial charge on any atom is -0.348 e. The normalized spacial score (nSPS) is 11.1. The average molecular weight is 316 g/mol. The first-order valence-electron chi connectivity index (χ1n) is 5.96. The van der Waals surface area contributed by atoms with E-state index in [1.807, 2.05) is 31.2 Å². The largest absolute Gasteiger partial charge is 0.348 e. The van der Waals surface area contributed by atoms with Crippen LogP contribution in [0.4, 0.5) is 0 Å². The summed E-state index contributed by atoms with van der Waals surface area (Å²) < 4.78 is 0. The van der Waals surface area contributed by atoms with E-state index in [4.69, 9.17) is 5.73 Å². The van der Waals surface area contributed by atoms with Crippen LogP contribution in [0.25, 0.3) is 0 Å². The van der Waals surface area contributed by atoms with E-state index in [9.17, 15) is 4.79 Å². The lowest BCUT2D eigenvalue weighted by Crippen LogP contribution is -2.34. The van der Waals surface area contributed by atoms with Crippen molar-refractivity contribution < 1.29 is 4.79 Å². The lowest BCUT2D eigenvalue weighted by atomic mass is 10.0. The van der Waals surface area contributed by atoms with Gasteiger partial charge in [-0.05, 0) is 12.5 Å². The van der Waals surface area contributed by atoms with E-state index in [0.29, 0.717) is 12.8 Å². The van der Waals surface area contributed by atoms with E-state index in [2.05, 4.69) is 9.97 Å². The number of H-pyrrole nitrogens is 1. The molecule has 6 heteroatoms. The molecule has 1 aromatic carbocycles. The third-order valence-corrected chi connectivity index (χ3v) is 2.91. The van der Waals surface area contributed by atoms with Gasteiger partial charge in [-0.15, -0.1) is 24.8 Å². The van der Waals surface area contributed by atoms with Crippen LogP contribution in [0.3, 0.4) is 0 Å². The molecule has 2 aromatic rings. The zero-order valence-electron chi connectivity index (χ0n) is 11.2. The van der Waals surface area contributed by atoms with Gasteiger partial charge in [-0.2, -0.15) is 0 Å². The number of benzene rings is 1. The summed E-state index contributed by atoms with van der Waals surface area (Å²) in [6.07, 6.45) is 4.17. The molecule has 0 fully saturated rings. The number of aromatic amines is 1. The van der Waals surface area contributed by atoms with Crippen molar-refractivity contribution in [1.82, 2.24) is 9.97 Å². The van der Waals surface area contributed by atoms with Gasteiger partial charge in [0, 0.05) is 24.7 Å². The number of nitrogens with two attached hydrogens (primary N) is 1. The summed E-state index contributed by atoms with van der Waals surface area (Å²) in [7, 11) is 0. The molecular formula is C14H19Cl2N3O. The van der Waals surface area contributed by atoms with Gasteiger partial charge >= 0.3 is 0 Å². The van der Waals surface area contributed by atoms with Crippen LogP contribution in [0.15, 0.2) is 36.8 Å². The highest BCUT2D eigenvalue weighted by Gasteiger charge is 2.15. The molecule has 0 spiro atoms. The second-order valence-corrected chi connectivity index (χ2v) is 4.52. The molecule has 20 heavy (non-hydrogen) atoms. The maximum Gasteiger partial charge on any atom is 0.154 e. The first-order valence-corrected chi connectivity index (χ1v) is 5.96. The Hall–Kier alpha value is -1.36. The molecule has 0 aliphatic rings. The van der Waals surface area contributed by atoms with Crippen molar-refractivity contribution in [2.45, 2.75) is 25.8 Å². The van der Waals surface area contributed by atoms with Crippen LogP contribution in [0.2, 0.25) is 0 Å². The topological polar surface area (TPSA) is 71.8 Å². The fourth-order valence-electron chi connectivity index (χ4n) is 1.79. The summed E-state index contributed by atoms with van der Waals surface area (Å²) in [4.78, 5) is 18.8. The summed E-state index contributed by atoms with van der Waals surface area (Å²) in [5.41, 5.74) is 8.97. The molecule has 0 saturated carbocycles. The Balaban J connectivity index is 0.00000180. The van der Waals surface area contributed by atoms with Crippen molar-refractivity contribution in [2.24, 2.45) is 5.73 Å². The Morgan fingerprint density at radius 3 is 2.50 bits per heavy atom. The second kappa shape index (κ2) is 8.74. The predicted octanol–water partition coefficient (Wildman–Crippen LogP) is 2.24. The zero-order chi connectivity index (χ0) is 13.0. The van der Waals surface area contributed by atoms with Gasteiger partial charge in [-0.3, -0.25) is 4.79 Å². The molecule has 1 atom stereocenters. The smallest absolute Gasteiger partial charge is 0.154 e. The minimum absolute atomic E-state index is 0. The number of aromatic nitrogens is 2. The van der Waals surface area contributed by atoms with Crippen LogP contribution in [0.1, 0.15) is 16.8 Å². The van der Waals surface area contributed by atoms with Crippen LogP contribution in [-0.4, -0.2) is 21.8 Å². The fourth-order valence-corrected chi connectivity index (χ4v) is 1.79. The number of hydrogen-bond donors (Lipinski definition) is 2. The highest BCUT2D eigenvalue weighted by atomic mass is 35.5. The Kier molecular flexibility index (Phi) is 8.15. The molecule has 0 aliphatic heterocycles. The Morgan fingerprint density at radius 2 is 1.95 bits per heavy atom. The predicted molar refractivity (Wildman–Crippen MR) is 84.7 cm³/mol. The maximum absolute atomic E-state index is 12.0. The summed E-state index contributed by atoms with van der Waals surface area (Å²) >= 11 is 0. The lowest BCUT2D eigenvalue weighted by Gasteiger charge is -2.09. The number of rotatable bonds is 5. The molecule has 110 valence electrons. The number of carbonyl (C=O) groups excluding carboxylic acids is 1. The third kappa shape index (κ3) is 5.33. The van der Waals surface area contributed by atoms with Crippen LogP contribution >= 0.6 is 24.8 Å². The number of nitrogens with zero attached hydrogens (tertiary/aromatic N) is 1. The van der Waals surface area contributed by atoms with Crippen molar-refractivity contribution >= 4 is 30.6 Å². The Morgan fingerprint density at radius 1 is 1.30 bits per heavy atom. The summed E-state index contributed by atoms with van der Waals surface area (Å²) in [6.45, 7) is 2.02. The SMILES string of the molecule is Cc1ccc(CC(=O)[C@@H](N)Cc2cnc[nH]2)cc1.Cl.Cl. The van der Waals surface area contributed by atoms with E-state index in [0.717, 1.165) is 11.3 Å². The molecule has 1 aromatic heterocycles. The number of aryl methyl sites for hydroxylation is 1. The number of nitrogens with one attached hydrogen (secondary N) is 1. The lowest BCUT2D eigenvalue weighted by molar-refractivity contribution is -0.119. The van der Waals surface area contributed by atoms with Gasteiger partial charge in [0.25, 0.3) is 0 Å². The third-order valence-electron chi connectivity index (χ3n) is 2.91. The van der Waals surface area contributed by atoms with Gasteiger partial charge in [0.05, 0.1) is 12.4 Å². The number of ketones is 1. The van der Waals surface area contributed by atoms with Crippen LogP contribution in [-0.2, 0) is 17.6 Å². The molecular weight excluding hydrogens is 297 g/mol. The zero-order valence-corrected chi connectivity index (χ0v) is 12.8. The number of carbonyl (C=O) groups is 1. The molecule has 0 saturated heterocycles. The van der Waals surface area contributed by atoms with Crippen molar-refractivity contribution in [3.05, 3.63) is 53.6 Å². The number of Topliss-reactive ketones (excluding diaryl/α,β-unsaturated/α-hetero) is 1. The van der Waals surface area contributed by atoms with Gasteiger partial charge in [-0.25, -0.2) is 4.98 Å². The molecule has 0 amide bonds. The van der Waals surface area contributed by atoms with Crippen molar-refractivity contribution in [2.75, 3.05) is 0 Å². The molecule has 0 bridgehead atoms. The summed E-state index contributed by atoms with van der Waals surface area (Å²) in [6, 6.07) is 7.46. The van der Waals surface area contributed by atoms with E-state index < -0.39 is 6.04 Å².